The molecule has 1 fully saturated rings. The number of rotatable bonds is 3. The number of hydrogen-bond acceptors (Lipinski definition) is 3. The van der Waals surface area contributed by atoms with E-state index in [0.717, 1.165) is 12.8 Å². The van der Waals surface area contributed by atoms with Crippen molar-refractivity contribution in [1.29, 1.82) is 0 Å². The molecule has 1 aromatic carbocycles. The topological polar surface area (TPSA) is 83.6 Å². The normalized spacial score (nSPS) is 16.1. The second kappa shape index (κ2) is 5.25. The van der Waals surface area contributed by atoms with Crippen LogP contribution in [0.5, 0.6) is 5.75 Å². The van der Waals surface area contributed by atoms with Crippen LogP contribution in [-0.2, 0) is 0 Å². The van der Waals surface area contributed by atoms with Gasteiger partial charge in [-0.2, -0.15) is 0 Å². The third-order valence-corrected chi connectivity index (χ3v) is 3.50. The van der Waals surface area contributed by atoms with Crippen molar-refractivity contribution < 1.29 is 15.0 Å². The Kier molecular flexibility index (Phi) is 4.41. The Morgan fingerprint density at radius 2 is 2.06 bits per heavy atom. The van der Waals surface area contributed by atoms with Crippen LogP contribution in [0.4, 0.5) is 0 Å². The molecule has 2 rings (SSSR count). The van der Waals surface area contributed by atoms with Crippen LogP contribution in [0.3, 0.4) is 0 Å². The SMILES string of the molecule is Cl.N[C@@H](c1c(C(=O)O)ccc(Br)c1O)C1CC1. The minimum absolute atomic E-state index is 0. The van der Waals surface area contributed by atoms with Crippen LogP contribution in [0, 0.1) is 5.92 Å². The second-order valence-corrected chi connectivity index (χ2v) is 4.88. The zero-order chi connectivity index (χ0) is 11.9. The lowest BCUT2D eigenvalue weighted by atomic mass is 9.96. The average Bonchev–Trinajstić information content (AvgIpc) is 3.04. The molecule has 0 saturated heterocycles. The van der Waals surface area contributed by atoms with Gasteiger partial charge < -0.3 is 15.9 Å². The predicted octanol–water partition coefficient (Wildman–Crippen LogP) is 2.68. The van der Waals surface area contributed by atoms with Crippen molar-refractivity contribution in [3.63, 3.8) is 0 Å². The molecule has 1 aliphatic rings. The first-order chi connectivity index (χ1) is 7.52. The zero-order valence-electron chi connectivity index (χ0n) is 8.89. The summed E-state index contributed by atoms with van der Waals surface area (Å²) in [6.45, 7) is 0. The van der Waals surface area contributed by atoms with Crippen LogP contribution in [0.1, 0.15) is 34.8 Å². The second-order valence-electron chi connectivity index (χ2n) is 4.03. The van der Waals surface area contributed by atoms with E-state index in [2.05, 4.69) is 15.9 Å². The number of carboxylic acid groups (broad SMARTS) is 1. The molecule has 0 unspecified atom stereocenters. The van der Waals surface area contributed by atoms with Crippen molar-refractivity contribution in [2.24, 2.45) is 11.7 Å². The van der Waals surface area contributed by atoms with Crippen molar-refractivity contribution in [3.05, 3.63) is 27.7 Å². The Morgan fingerprint density at radius 3 is 2.53 bits per heavy atom. The van der Waals surface area contributed by atoms with Gasteiger partial charge in [0.05, 0.1) is 10.0 Å². The number of phenolic OH excluding ortho intramolecular Hbond substituents is 1. The van der Waals surface area contributed by atoms with Gasteiger partial charge in [-0.05, 0) is 46.8 Å². The van der Waals surface area contributed by atoms with Crippen LogP contribution < -0.4 is 5.73 Å². The highest BCUT2D eigenvalue weighted by Gasteiger charge is 2.34. The van der Waals surface area contributed by atoms with Crippen LogP contribution in [0.15, 0.2) is 16.6 Å². The number of aromatic carboxylic acids is 1. The summed E-state index contributed by atoms with van der Waals surface area (Å²) in [5, 5.41) is 18.9. The van der Waals surface area contributed by atoms with Gasteiger partial charge >= 0.3 is 5.97 Å². The monoisotopic (exact) mass is 321 g/mol. The lowest BCUT2D eigenvalue weighted by molar-refractivity contribution is 0.0694. The molecule has 0 radical (unpaired) electrons. The maximum atomic E-state index is 11.1. The smallest absolute Gasteiger partial charge is 0.336 e. The summed E-state index contributed by atoms with van der Waals surface area (Å²) in [6.07, 6.45) is 1.98. The van der Waals surface area contributed by atoms with E-state index in [1.165, 1.54) is 12.1 Å². The number of phenols is 1. The number of halogens is 2. The molecule has 0 aliphatic heterocycles. The van der Waals surface area contributed by atoms with Crippen molar-refractivity contribution in [2.75, 3.05) is 0 Å². The summed E-state index contributed by atoms with van der Waals surface area (Å²) in [5.74, 6) is -0.827. The van der Waals surface area contributed by atoms with E-state index in [4.69, 9.17) is 10.8 Å². The Morgan fingerprint density at radius 1 is 1.47 bits per heavy atom. The molecule has 1 saturated carbocycles. The summed E-state index contributed by atoms with van der Waals surface area (Å²) in [6, 6.07) is 2.58. The van der Waals surface area contributed by atoms with Gasteiger partial charge in [0.25, 0.3) is 0 Å². The first-order valence-corrected chi connectivity index (χ1v) is 5.82. The number of carbonyl (C=O) groups is 1. The summed E-state index contributed by atoms with van der Waals surface area (Å²) in [4.78, 5) is 11.1. The molecule has 17 heavy (non-hydrogen) atoms. The number of carboxylic acids is 1. The van der Waals surface area contributed by atoms with Gasteiger partial charge in [0.1, 0.15) is 5.75 Å². The molecule has 0 amide bonds. The van der Waals surface area contributed by atoms with Gasteiger partial charge in [-0.15, -0.1) is 12.4 Å². The van der Waals surface area contributed by atoms with Crippen molar-refractivity contribution in [1.82, 2.24) is 0 Å². The van der Waals surface area contributed by atoms with E-state index in [0.29, 0.717) is 16.0 Å². The van der Waals surface area contributed by atoms with Gasteiger partial charge in [-0.25, -0.2) is 4.79 Å². The number of benzene rings is 1. The fourth-order valence-electron chi connectivity index (χ4n) is 1.80. The largest absolute Gasteiger partial charge is 0.506 e. The van der Waals surface area contributed by atoms with Crippen molar-refractivity contribution >= 4 is 34.3 Å². The van der Waals surface area contributed by atoms with Gasteiger partial charge in [0.2, 0.25) is 0 Å². The van der Waals surface area contributed by atoms with Crippen molar-refractivity contribution in [3.8, 4) is 5.75 Å². The van der Waals surface area contributed by atoms with Gasteiger partial charge in [-0.3, -0.25) is 0 Å². The van der Waals surface area contributed by atoms with Crippen LogP contribution >= 0.6 is 28.3 Å². The molecule has 0 spiro atoms. The van der Waals surface area contributed by atoms with Crippen molar-refractivity contribution in [2.45, 2.75) is 18.9 Å². The fourth-order valence-corrected chi connectivity index (χ4v) is 2.14. The average molecular weight is 323 g/mol. The Hall–Kier alpha value is -0.780. The van der Waals surface area contributed by atoms with Gasteiger partial charge in [0.15, 0.2) is 0 Å². The molecule has 4 nitrogen and oxygen atoms in total. The minimum Gasteiger partial charge on any atom is -0.506 e. The molecule has 6 heteroatoms. The molecule has 0 bridgehead atoms. The highest BCUT2D eigenvalue weighted by Crippen LogP contribution is 2.44. The summed E-state index contributed by atoms with van der Waals surface area (Å²) in [5.41, 5.74) is 6.39. The molecule has 0 aromatic heterocycles. The first-order valence-electron chi connectivity index (χ1n) is 5.02. The molecule has 94 valence electrons. The van der Waals surface area contributed by atoms with E-state index in [-0.39, 0.29) is 23.7 Å². The van der Waals surface area contributed by atoms with Crippen LogP contribution in [0.2, 0.25) is 0 Å². The quantitative estimate of drug-likeness (QED) is 0.799. The number of nitrogens with two attached hydrogens (primary N) is 1. The fraction of sp³-hybridized carbons (Fsp3) is 0.364. The maximum Gasteiger partial charge on any atom is 0.336 e. The number of hydrogen-bond donors (Lipinski definition) is 3. The standard InChI is InChI=1S/C11H12BrNO3.ClH/c12-7-4-3-6(11(15)16)8(10(7)14)9(13)5-1-2-5;/h3-5,9,14H,1-2,13H2,(H,15,16);1H/t9-;/m1./s1. The van der Waals surface area contributed by atoms with E-state index in [1.54, 1.807) is 0 Å². The first kappa shape index (κ1) is 14.3. The summed E-state index contributed by atoms with van der Waals surface area (Å²) >= 11 is 3.17. The molecule has 1 aromatic rings. The molecule has 1 aliphatic carbocycles. The van der Waals surface area contributed by atoms with Gasteiger partial charge in [0, 0.05) is 11.6 Å². The zero-order valence-corrected chi connectivity index (χ0v) is 11.3. The Balaban J connectivity index is 0.00000144. The molecule has 4 N–H and O–H groups in total. The highest BCUT2D eigenvalue weighted by atomic mass is 79.9. The maximum absolute atomic E-state index is 11.1. The van der Waals surface area contributed by atoms with E-state index >= 15 is 0 Å². The predicted molar refractivity (Wildman–Crippen MR) is 69.7 cm³/mol. The minimum atomic E-state index is -1.06. The summed E-state index contributed by atoms with van der Waals surface area (Å²) < 4.78 is 0.476. The van der Waals surface area contributed by atoms with Crippen LogP contribution in [-0.4, -0.2) is 16.2 Å². The molecular weight excluding hydrogens is 309 g/mol. The van der Waals surface area contributed by atoms with E-state index in [9.17, 15) is 9.90 Å². The Labute approximate surface area is 113 Å². The number of aromatic hydroxyl groups is 1. The highest BCUT2D eigenvalue weighted by molar-refractivity contribution is 9.10. The third-order valence-electron chi connectivity index (χ3n) is 2.86. The van der Waals surface area contributed by atoms with E-state index < -0.39 is 12.0 Å². The Bertz CT molecular complexity index is 449. The lowest BCUT2D eigenvalue weighted by Gasteiger charge is -2.16. The molecular formula is C11H13BrClNO3. The van der Waals surface area contributed by atoms with Crippen LogP contribution in [0.25, 0.3) is 0 Å². The molecule has 1 atom stereocenters. The summed E-state index contributed by atoms with van der Waals surface area (Å²) in [7, 11) is 0. The lowest BCUT2D eigenvalue weighted by Crippen LogP contribution is -2.17. The third kappa shape index (κ3) is 2.73. The van der Waals surface area contributed by atoms with E-state index in [1.807, 2.05) is 0 Å². The van der Waals surface area contributed by atoms with Gasteiger partial charge in [-0.1, -0.05) is 0 Å². The molecule has 0 heterocycles.